The van der Waals surface area contributed by atoms with Gasteiger partial charge in [-0.2, -0.15) is 0 Å². The molecule has 0 bridgehead atoms. The molecule has 3 nitrogen and oxygen atoms in total. The molecule has 1 aromatic heterocycles. The molecule has 0 fully saturated rings. The van der Waals surface area contributed by atoms with Crippen LogP contribution >= 0.6 is 0 Å². The maximum Gasteiger partial charge on any atom is 0.105 e. The van der Waals surface area contributed by atoms with Crippen molar-refractivity contribution < 1.29 is 0 Å². The number of unbranched alkanes of at least 4 members (excludes halogenated alkanes) is 3. The van der Waals surface area contributed by atoms with E-state index in [2.05, 4.69) is 28.7 Å². The van der Waals surface area contributed by atoms with Crippen molar-refractivity contribution in [2.45, 2.75) is 65.5 Å². The lowest BCUT2D eigenvalue weighted by Gasteiger charge is -2.14. The maximum absolute atomic E-state index is 4.22. The van der Waals surface area contributed by atoms with E-state index in [1.807, 2.05) is 19.3 Å². The summed E-state index contributed by atoms with van der Waals surface area (Å²) in [5.41, 5.74) is 0. The minimum atomic E-state index is 0.635. The Hall–Kier alpha value is -0.830. The molecule has 17 heavy (non-hydrogen) atoms. The van der Waals surface area contributed by atoms with Crippen LogP contribution in [0.15, 0.2) is 12.4 Å². The van der Waals surface area contributed by atoms with E-state index in [-0.39, 0.29) is 0 Å². The van der Waals surface area contributed by atoms with E-state index in [4.69, 9.17) is 0 Å². The van der Waals surface area contributed by atoms with Gasteiger partial charge < -0.3 is 9.88 Å². The Morgan fingerprint density at radius 2 is 2.18 bits per heavy atom. The molecular formula is C14H27N3. The molecule has 1 aromatic rings. The molecule has 0 saturated carbocycles. The third kappa shape index (κ3) is 5.87. The topological polar surface area (TPSA) is 29.9 Å². The second-order valence-corrected chi connectivity index (χ2v) is 4.87. The predicted octanol–water partition coefficient (Wildman–Crippen LogP) is 3.14. The fourth-order valence-corrected chi connectivity index (χ4v) is 2.05. The van der Waals surface area contributed by atoms with Crippen LogP contribution in [0.3, 0.4) is 0 Å². The lowest BCUT2D eigenvalue weighted by Crippen LogP contribution is -2.29. The van der Waals surface area contributed by atoms with Crippen molar-refractivity contribution in [2.24, 2.45) is 0 Å². The van der Waals surface area contributed by atoms with E-state index < -0.39 is 0 Å². The number of hydrogen-bond acceptors (Lipinski definition) is 2. The van der Waals surface area contributed by atoms with Crippen LogP contribution in [-0.4, -0.2) is 22.1 Å². The van der Waals surface area contributed by atoms with E-state index in [9.17, 15) is 0 Å². The average molecular weight is 237 g/mol. The molecule has 1 unspecified atom stereocenters. The lowest BCUT2D eigenvalue weighted by molar-refractivity contribution is 0.465. The van der Waals surface area contributed by atoms with Gasteiger partial charge >= 0.3 is 0 Å². The van der Waals surface area contributed by atoms with Gasteiger partial charge in [-0.3, -0.25) is 0 Å². The molecule has 0 radical (unpaired) electrons. The first kappa shape index (κ1) is 14.2. The summed E-state index contributed by atoms with van der Waals surface area (Å²) >= 11 is 0. The molecule has 0 amide bonds. The van der Waals surface area contributed by atoms with E-state index in [0.717, 1.165) is 18.9 Å². The van der Waals surface area contributed by atoms with Gasteiger partial charge in [0.25, 0.3) is 0 Å². The second-order valence-electron chi connectivity index (χ2n) is 4.87. The Morgan fingerprint density at radius 1 is 1.35 bits per heavy atom. The van der Waals surface area contributed by atoms with Crippen molar-refractivity contribution in [3.63, 3.8) is 0 Å². The number of imidazole rings is 1. The summed E-state index contributed by atoms with van der Waals surface area (Å²) in [6, 6.07) is 0.635. The zero-order valence-corrected chi connectivity index (χ0v) is 11.6. The zero-order valence-electron chi connectivity index (χ0n) is 11.6. The fourth-order valence-electron chi connectivity index (χ4n) is 2.05. The van der Waals surface area contributed by atoms with Gasteiger partial charge in [0.05, 0.1) is 0 Å². The number of rotatable bonds is 9. The molecule has 1 heterocycles. The van der Waals surface area contributed by atoms with Crippen molar-refractivity contribution in [1.82, 2.24) is 14.9 Å². The van der Waals surface area contributed by atoms with Gasteiger partial charge in [0, 0.05) is 31.5 Å². The predicted molar refractivity (Wildman–Crippen MR) is 73.2 cm³/mol. The summed E-state index contributed by atoms with van der Waals surface area (Å²) in [4.78, 5) is 4.22. The highest BCUT2D eigenvalue weighted by Crippen LogP contribution is 2.05. The summed E-state index contributed by atoms with van der Waals surface area (Å²) in [5.74, 6) is 1.10. The van der Waals surface area contributed by atoms with Gasteiger partial charge in [0.15, 0.2) is 0 Å². The normalized spacial score (nSPS) is 12.9. The molecule has 3 heteroatoms. The largest absolute Gasteiger partial charge is 0.334 e. The van der Waals surface area contributed by atoms with Crippen LogP contribution in [-0.2, 0) is 6.54 Å². The van der Waals surface area contributed by atoms with E-state index in [1.54, 1.807) is 0 Å². The number of nitrogens with zero attached hydrogens (tertiary/aromatic N) is 2. The molecule has 0 aliphatic heterocycles. The Morgan fingerprint density at radius 3 is 2.82 bits per heavy atom. The van der Waals surface area contributed by atoms with Gasteiger partial charge in [-0.05, 0) is 20.3 Å². The molecular weight excluding hydrogens is 210 g/mol. The lowest BCUT2D eigenvalue weighted by atomic mass is 10.1. The SMILES string of the molecule is CCCCCCC(C)NCCn1ccnc1C. The van der Waals surface area contributed by atoms with Crippen LogP contribution < -0.4 is 5.32 Å². The smallest absolute Gasteiger partial charge is 0.105 e. The molecule has 1 atom stereocenters. The molecule has 0 aromatic carbocycles. The number of nitrogens with one attached hydrogen (secondary N) is 1. The van der Waals surface area contributed by atoms with Crippen LogP contribution in [0.25, 0.3) is 0 Å². The minimum Gasteiger partial charge on any atom is -0.334 e. The van der Waals surface area contributed by atoms with Gasteiger partial charge in [0.2, 0.25) is 0 Å². The van der Waals surface area contributed by atoms with Crippen LogP contribution in [0.4, 0.5) is 0 Å². The number of aryl methyl sites for hydroxylation is 1. The quantitative estimate of drug-likeness (QED) is 0.669. The van der Waals surface area contributed by atoms with Crippen LogP contribution in [0.5, 0.6) is 0 Å². The molecule has 1 rings (SSSR count). The Kier molecular flexibility index (Phi) is 6.94. The van der Waals surface area contributed by atoms with E-state index >= 15 is 0 Å². The first-order valence-electron chi connectivity index (χ1n) is 6.95. The Bertz CT molecular complexity index is 293. The van der Waals surface area contributed by atoms with Crippen molar-refractivity contribution >= 4 is 0 Å². The Labute approximate surface area is 106 Å². The number of aromatic nitrogens is 2. The third-order valence-electron chi connectivity index (χ3n) is 3.26. The third-order valence-corrected chi connectivity index (χ3v) is 3.26. The first-order chi connectivity index (χ1) is 8.24. The molecule has 1 N–H and O–H groups in total. The average Bonchev–Trinajstić information content (AvgIpc) is 2.71. The molecule has 0 aliphatic rings. The Balaban J connectivity index is 2.04. The summed E-state index contributed by atoms with van der Waals surface area (Å²) in [7, 11) is 0. The molecule has 98 valence electrons. The van der Waals surface area contributed by atoms with Gasteiger partial charge in [-0.15, -0.1) is 0 Å². The van der Waals surface area contributed by atoms with Gasteiger partial charge in [0.1, 0.15) is 5.82 Å². The zero-order chi connectivity index (χ0) is 12.5. The van der Waals surface area contributed by atoms with Crippen LogP contribution in [0, 0.1) is 6.92 Å². The summed E-state index contributed by atoms with van der Waals surface area (Å²) in [6.07, 6.45) is 10.6. The highest BCUT2D eigenvalue weighted by Gasteiger charge is 2.01. The second kappa shape index (κ2) is 8.29. The molecule has 0 saturated heterocycles. The molecule has 0 spiro atoms. The van der Waals surface area contributed by atoms with Crippen molar-refractivity contribution in [3.8, 4) is 0 Å². The monoisotopic (exact) mass is 237 g/mol. The van der Waals surface area contributed by atoms with Crippen LogP contribution in [0.2, 0.25) is 0 Å². The highest BCUT2D eigenvalue weighted by atomic mass is 15.1. The van der Waals surface area contributed by atoms with Crippen LogP contribution in [0.1, 0.15) is 51.8 Å². The van der Waals surface area contributed by atoms with Gasteiger partial charge in [-0.1, -0.05) is 32.6 Å². The standard InChI is InChI=1S/C14H27N3/c1-4-5-6-7-8-13(2)15-9-11-17-12-10-16-14(17)3/h10,12-13,15H,4-9,11H2,1-3H3. The van der Waals surface area contributed by atoms with E-state index in [1.165, 1.54) is 32.1 Å². The number of hydrogen-bond donors (Lipinski definition) is 1. The summed E-state index contributed by atoms with van der Waals surface area (Å²) in [5, 5.41) is 3.58. The highest BCUT2D eigenvalue weighted by molar-refractivity contribution is 4.88. The summed E-state index contributed by atoms with van der Waals surface area (Å²) in [6.45, 7) is 8.65. The van der Waals surface area contributed by atoms with E-state index in [0.29, 0.717) is 6.04 Å². The first-order valence-corrected chi connectivity index (χ1v) is 6.95. The van der Waals surface area contributed by atoms with Crippen molar-refractivity contribution in [1.29, 1.82) is 0 Å². The van der Waals surface area contributed by atoms with Crippen molar-refractivity contribution in [2.75, 3.05) is 6.54 Å². The fraction of sp³-hybridized carbons (Fsp3) is 0.786. The minimum absolute atomic E-state index is 0.635. The molecule has 0 aliphatic carbocycles. The maximum atomic E-state index is 4.22. The van der Waals surface area contributed by atoms with Crippen molar-refractivity contribution in [3.05, 3.63) is 18.2 Å². The summed E-state index contributed by atoms with van der Waals surface area (Å²) < 4.78 is 2.19. The van der Waals surface area contributed by atoms with Gasteiger partial charge in [-0.25, -0.2) is 4.98 Å².